The predicted octanol–water partition coefficient (Wildman–Crippen LogP) is 3.41. The van der Waals surface area contributed by atoms with Crippen LogP contribution < -0.4 is 19.5 Å². The SMILES string of the molecule is COc1cc(C(C#N)NC(=O)c2nc(Cl)ccc2Cl)cc(OC)c1OC. The van der Waals surface area contributed by atoms with Crippen molar-refractivity contribution in [2.24, 2.45) is 0 Å². The van der Waals surface area contributed by atoms with E-state index in [1.807, 2.05) is 6.07 Å². The van der Waals surface area contributed by atoms with Crippen LogP contribution in [0.4, 0.5) is 0 Å². The molecule has 0 saturated heterocycles. The Bertz CT molecular complexity index is 843. The van der Waals surface area contributed by atoms with E-state index >= 15 is 0 Å². The average Bonchev–Trinajstić information content (AvgIpc) is 2.66. The molecule has 1 aromatic carbocycles. The van der Waals surface area contributed by atoms with Crippen LogP contribution in [0, 0.1) is 11.3 Å². The number of ether oxygens (including phenoxy) is 3. The average molecular weight is 396 g/mol. The first-order valence-electron chi connectivity index (χ1n) is 7.27. The summed E-state index contributed by atoms with van der Waals surface area (Å²) in [6.07, 6.45) is 0. The van der Waals surface area contributed by atoms with Crippen molar-refractivity contribution in [2.75, 3.05) is 21.3 Å². The van der Waals surface area contributed by atoms with E-state index in [1.165, 1.54) is 33.5 Å². The molecule has 0 fully saturated rings. The molecule has 7 nitrogen and oxygen atoms in total. The number of carbonyl (C=O) groups is 1. The summed E-state index contributed by atoms with van der Waals surface area (Å²) < 4.78 is 15.8. The lowest BCUT2D eigenvalue weighted by molar-refractivity contribution is 0.0940. The number of hydrogen-bond donors (Lipinski definition) is 1. The summed E-state index contributed by atoms with van der Waals surface area (Å²) in [6, 6.07) is 7.05. The highest BCUT2D eigenvalue weighted by atomic mass is 35.5. The van der Waals surface area contributed by atoms with Crippen molar-refractivity contribution in [1.29, 1.82) is 5.26 Å². The molecule has 2 rings (SSSR count). The topological polar surface area (TPSA) is 93.5 Å². The van der Waals surface area contributed by atoms with Gasteiger partial charge < -0.3 is 19.5 Å². The van der Waals surface area contributed by atoms with Gasteiger partial charge in [-0.25, -0.2) is 4.98 Å². The van der Waals surface area contributed by atoms with E-state index in [-0.39, 0.29) is 15.9 Å². The largest absolute Gasteiger partial charge is 0.493 e. The number of nitrogens with zero attached hydrogens (tertiary/aromatic N) is 2. The fourth-order valence-electron chi connectivity index (χ4n) is 2.24. The van der Waals surface area contributed by atoms with Gasteiger partial charge in [-0.15, -0.1) is 0 Å². The second kappa shape index (κ2) is 8.61. The standard InChI is InChI=1S/C17H15Cl2N3O4/c1-24-12-6-9(7-13(25-2)16(12)26-3)11(8-20)21-17(23)15-10(18)4-5-14(19)22-15/h4-7,11H,1-3H3,(H,21,23). The van der Waals surface area contributed by atoms with Gasteiger partial charge in [-0.2, -0.15) is 5.26 Å². The quantitative estimate of drug-likeness (QED) is 0.753. The first-order chi connectivity index (χ1) is 12.4. The fraction of sp³-hybridized carbons (Fsp3) is 0.235. The van der Waals surface area contributed by atoms with Gasteiger partial charge in [0.05, 0.1) is 32.4 Å². The molecule has 1 unspecified atom stereocenters. The van der Waals surface area contributed by atoms with E-state index in [9.17, 15) is 10.1 Å². The van der Waals surface area contributed by atoms with E-state index < -0.39 is 11.9 Å². The maximum Gasteiger partial charge on any atom is 0.272 e. The number of carbonyl (C=O) groups excluding carboxylic acids is 1. The zero-order valence-electron chi connectivity index (χ0n) is 14.2. The first-order valence-corrected chi connectivity index (χ1v) is 8.03. The molecule has 26 heavy (non-hydrogen) atoms. The van der Waals surface area contributed by atoms with Crippen molar-refractivity contribution in [2.45, 2.75) is 6.04 Å². The number of aromatic nitrogens is 1. The lowest BCUT2D eigenvalue weighted by Crippen LogP contribution is -2.28. The molecule has 0 spiro atoms. The highest BCUT2D eigenvalue weighted by Crippen LogP contribution is 2.39. The van der Waals surface area contributed by atoms with E-state index in [2.05, 4.69) is 10.3 Å². The summed E-state index contributed by atoms with van der Waals surface area (Å²) in [5.41, 5.74) is 0.361. The molecule has 9 heteroatoms. The second-order valence-electron chi connectivity index (χ2n) is 4.96. The zero-order valence-corrected chi connectivity index (χ0v) is 15.7. The minimum absolute atomic E-state index is 0.0770. The van der Waals surface area contributed by atoms with Crippen molar-refractivity contribution in [3.05, 3.63) is 45.7 Å². The monoisotopic (exact) mass is 395 g/mol. The molecule has 0 aliphatic rings. The third-order valence-corrected chi connectivity index (χ3v) is 3.97. The van der Waals surface area contributed by atoms with Crippen LogP contribution in [0.3, 0.4) is 0 Å². The molecule has 1 atom stereocenters. The summed E-state index contributed by atoms with van der Waals surface area (Å²) in [7, 11) is 4.38. The first kappa shape index (κ1) is 19.6. The molecule has 2 aromatic rings. The van der Waals surface area contributed by atoms with Crippen molar-refractivity contribution < 1.29 is 19.0 Å². The van der Waals surface area contributed by atoms with Crippen molar-refractivity contribution >= 4 is 29.1 Å². The number of rotatable bonds is 6. The number of hydrogen-bond acceptors (Lipinski definition) is 6. The lowest BCUT2D eigenvalue weighted by atomic mass is 10.1. The van der Waals surface area contributed by atoms with Gasteiger partial charge in [-0.3, -0.25) is 4.79 Å². The van der Waals surface area contributed by atoms with Gasteiger partial charge in [-0.1, -0.05) is 23.2 Å². The number of halogens is 2. The maximum absolute atomic E-state index is 12.4. The fourth-order valence-corrected chi connectivity index (χ4v) is 2.57. The summed E-state index contributed by atoms with van der Waals surface area (Å²) >= 11 is 11.8. The summed E-state index contributed by atoms with van der Waals surface area (Å²) in [5, 5.41) is 12.3. The van der Waals surface area contributed by atoms with Crippen LogP contribution in [0.25, 0.3) is 0 Å². The molecule has 136 valence electrons. The van der Waals surface area contributed by atoms with Gasteiger partial charge in [0.1, 0.15) is 16.9 Å². The number of pyridine rings is 1. The van der Waals surface area contributed by atoms with Gasteiger partial charge in [0, 0.05) is 0 Å². The molecule has 0 aliphatic carbocycles. The summed E-state index contributed by atoms with van der Waals surface area (Å²) in [5.74, 6) is 0.449. The Morgan fingerprint density at radius 3 is 2.27 bits per heavy atom. The Kier molecular flexibility index (Phi) is 6.50. The highest BCUT2D eigenvalue weighted by molar-refractivity contribution is 6.34. The molecule has 0 bridgehead atoms. The van der Waals surface area contributed by atoms with Crippen LogP contribution >= 0.6 is 23.2 Å². The van der Waals surface area contributed by atoms with Crippen LogP contribution in [-0.4, -0.2) is 32.2 Å². The van der Waals surface area contributed by atoms with Gasteiger partial charge in [0.15, 0.2) is 11.5 Å². The van der Waals surface area contributed by atoms with E-state index in [1.54, 1.807) is 12.1 Å². The predicted molar refractivity (Wildman–Crippen MR) is 96.2 cm³/mol. The molecule has 0 radical (unpaired) electrons. The van der Waals surface area contributed by atoms with E-state index in [0.29, 0.717) is 22.8 Å². The maximum atomic E-state index is 12.4. The van der Waals surface area contributed by atoms with Crippen LogP contribution in [0.15, 0.2) is 24.3 Å². The molecule has 1 aromatic heterocycles. The lowest BCUT2D eigenvalue weighted by Gasteiger charge is -2.17. The number of nitrogens with one attached hydrogen (secondary N) is 1. The van der Waals surface area contributed by atoms with Crippen LogP contribution in [-0.2, 0) is 0 Å². The molecule has 1 N–H and O–H groups in total. The smallest absolute Gasteiger partial charge is 0.272 e. The third kappa shape index (κ3) is 4.10. The van der Waals surface area contributed by atoms with E-state index in [4.69, 9.17) is 37.4 Å². The Morgan fingerprint density at radius 2 is 1.77 bits per heavy atom. The molecule has 0 saturated carbocycles. The van der Waals surface area contributed by atoms with E-state index in [0.717, 1.165) is 0 Å². The second-order valence-corrected chi connectivity index (χ2v) is 5.75. The zero-order chi connectivity index (χ0) is 19.3. The molecule has 0 aliphatic heterocycles. The number of nitriles is 1. The number of methoxy groups -OCH3 is 3. The normalized spacial score (nSPS) is 11.2. The third-order valence-electron chi connectivity index (χ3n) is 3.45. The molecule has 1 heterocycles. The van der Waals surface area contributed by atoms with Gasteiger partial charge >= 0.3 is 0 Å². The molecule has 1 amide bonds. The van der Waals surface area contributed by atoms with Crippen molar-refractivity contribution in [3.63, 3.8) is 0 Å². The Morgan fingerprint density at radius 1 is 1.15 bits per heavy atom. The van der Waals surface area contributed by atoms with Crippen LogP contribution in [0.5, 0.6) is 17.2 Å². The summed E-state index contributed by atoms with van der Waals surface area (Å²) in [4.78, 5) is 16.3. The number of benzene rings is 1. The molecular weight excluding hydrogens is 381 g/mol. The Labute approximate surface area is 160 Å². The minimum Gasteiger partial charge on any atom is -0.493 e. The highest BCUT2D eigenvalue weighted by Gasteiger charge is 2.22. The van der Waals surface area contributed by atoms with Gasteiger partial charge in [0.2, 0.25) is 5.75 Å². The van der Waals surface area contributed by atoms with Crippen LogP contribution in [0.2, 0.25) is 10.2 Å². The van der Waals surface area contributed by atoms with Gasteiger partial charge in [0.25, 0.3) is 5.91 Å². The Hall–Kier alpha value is -2.69. The summed E-state index contributed by atoms with van der Waals surface area (Å²) in [6.45, 7) is 0. The van der Waals surface area contributed by atoms with Gasteiger partial charge in [-0.05, 0) is 29.8 Å². The molecular formula is C17H15Cl2N3O4. The number of amides is 1. The van der Waals surface area contributed by atoms with Crippen LogP contribution in [0.1, 0.15) is 22.1 Å². The minimum atomic E-state index is -1.01. The van der Waals surface area contributed by atoms with Crippen molar-refractivity contribution in [3.8, 4) is 23.3 Å². The Balaban J connectivity index is 2.38. The van der Waals surface area contributed by atoms with Crippen molar-refractivity contribution in [1.82, 2.24) is 10.3 Å².